The first-order chi connectivity index (χ1) is 31.0. The Bertz CT molecular complexity index is 2780. The molecule has 1 unspecified atom stereocenters. The molecule has 1 aliphatic carbocycles. The lowest BCUT2D eigenvalue weighted by Crippen LogP contribution is -2.53. The predicted octanol–water partition coefficient (Wildman–Crippen LogP) is 8.57. The summed E-state index contributed by atoms with van der Waals surface area (Å²) in [5, 5.41) is 17.4. The molecule has 5 aromatic rings. The first kappa shape index (κ1) is 43.0. The number of thioether (sulfide) groups is 1. The standard InChI is InChI=1S/C53H54N4O6S/c1-52(2)34-64-49-30-35(12-25-45(49)54-52)50-43-23-17-39(55(3)4)31-47(43)63-48-32-40(18-24-44(48)50)56-26-28-57(29-27-56)51(59)46(58)33-62-53(36-10-8-7-9-11-36,37-13-19-41(60-5)20-14-37)38-15-21-42(61-6)22-16-38/h7-25,30-32,46,58H,26-29,33-34H2,1-6H3/p+1. The number of benzene rings is 6. The van der Waals surface area contributed by atoms with Crippen molar-refractivity contribution >= 4 is 40.0 Å². The molecule has 4 aliphatic rings. The van der Waals surface area contributed by atoms with Gasteiger partial charge in [0.2, 0.25) is 5.36 Å². The fraction of sp³-hybridized carbons (Fsp3) is 0.283. The van der Waals surface area contributed by atoms with Gasteiger partial charge in [0.25, 0.3) is 5.91 Å². The van der Waals surface area contributed by atoms with Gasteiger partial charge in [-0.3, -0.25) is 4.79 Å². The van der Waals surface area contributed by atoms with Crippen LogP contribution in [0.3, 0.4) is 0 Å². The average molecular weight is 876 g/mol. The maximum absolute atomic E-state index is 14.0. The summed E-state index contributed by atoms with van der Waals surface area (Å²) in [4.78, 5) is 19.1. The molecule has 3 aliphatic heterocycles. The Morgan fingerprint density at radius 2 is 1.50 bits per heavy atom. The zero-order valence-electron chi connectivity index (χ0n) is 37.3. The van der Waals surface area contributed by atoms with Crippen LogP contribution in [-0.4, -0.2) is 94.4 Å². The number of aliphatic hydroxyl groups excluding tert-OH is 1. The number of carbonyl (C=O) groups is 1. The Morgan fingerprint density at radius 1 is 0.844 bits per heavy atom. The molecule has 10 nitrogen and oxygen atoms in total. The van der Waals surface area contributed by atoms with Crippen LogP contribution in [0.2, 0.25) is 0 Å². The number of anilines is 2. The minimum atomic E-state index is -1.39. The Hall–Kier alpha value is -6.27. The topological polar surface area (TPSA) is 99.6 Å². The first-order valence-corrected chi connectivity index (χ1v) is 22.7. The van der Waals surface area contributed by atoms with Gasteiger partial charge < -0.3 is 38.9 Å². The molecule has 0 bridgehead atoms. The van der Waals surface area contributed by atoms with Gasteiger partial charge in [-0.1, -0.05) is 60.7 Å². The monoisotopic (exact) mass is 875 g/mol. The lowest BCUT2D eigenvalue weighted by atomic mass is 9.80. The molecular weight excluding hydrogens is 821 g/mol. The second-order valence-corrected chi connectivity index (χ2v) is 18.4. The number of ether oxygens (including phenoxy) is 3. The van der Waals surface area contributed by atoms with E-state index < -0.39 is 11.7 Å². The van der Waals surface area contributed by atoms with Crippen molar-refractivity contribution in [2.75, 3.05) is 77.1 Å². The van der Waals surface area contributed by atoms with Gasteiger partial charge in [-0.05, 0) is 90.7 Å². The van der Waals surface area contributed by atoms with E-state index in [2.05, 4.69) is 83.2 Å². The number of nitrogens with zero attached hydrogens (tertiary/aromatic N) is 3. The van der Waals surface area contributed by atoms with E-state index in [9.17, 15) is 9.90 Å². The van der Waals surface area contributed by atoms with E-state index >= 15 is 0 Å². The van der Waals surface area contributed by atoms with E-state index in [0.717, 1.165) is 72.6 Å². The van der Waals surface area contributed by atoms with Gasteiger partial charge in [-0.15, -0.1) is 11.8 Å². The molecule has 0 aromatic heterocycles. The summed E-state index contributed by atoms with van der Waals surface area (Å²) in [6, 6.07) is 44.8. The molecule has 64 heavy (non-hydrogen) atoms. The van der Waals surface area contributed by atoms with Crippen LogP contribution in [0.5, 0.6) is 11.5 Å². The van der Waals surface area contributed by atoms with Gasteiger partial charge in [-0.2, -0.15) is 0 Å². The molecule has 9 rings (SSSR count). The number of carbonyl (C=O) groups excluding carboxylic acids is 1. The van der Waals surface area contributed by atoms with Crippen LogP contribution in [0.4, 0.5) is 11.4 Å². The number of amides is 1. The number of rotatable bonds is 11. The van der Waals surface area contributed by atoms with E-state index in [1.807, 2.05) is 105 Å². The SMILES string of the molecule is COc1ccc(C(OCC(O)C(=O)N2CC[N+](=c3ccc4c(-c5ccc6c(c5)SCC(C)(C)N6)c5ccc(N(C)C)cc5oc-4c3)CC2)(c2ccccc2)c2ccc(OC)cc2)cc1. The molecule has 328 valence electrons. The lowest BCUT2D eigenvalue weighted by molar-refractivity contribution is -0.146. The quantitative estimate of drug-likeness (QED) is 0.0753. The third-order valence-electron chi connectivity index (χ3n) is 12.4. The van der Waals surface area contributed by atoms with E-state index in [1.54, 1.807) is 19.1 Å². The van der Waals surface area contributed by atoms with Crippen molar-refractivity contribution in [2.24, 2.45) is 0 Å². The molecule has 1 saturated heterocycles. The first-order valence-electron chi connectivity index (χ1n) is 21.7. The van der Waals surface area contributed by atoms with Crippen molar-refractivity contribution in [1.29, 1.82) is 0 Å². The second kappa shape index (κ2) is 17.7. The highest BCUT2D eigenvalue weighted by Gasteiger charge is 2.40. The van der Waals surface area contributed by atoms with E-state index in [-0.39, 0.29) is 18.1 Å². The van der Waals surface area contributed by atoms with Crippen LogP contribution in [0, 0.1) is 0 Å². The zero-order valence-corrected chi connectivity index (χ0v) is 38.1. The van der Waals surface area contributed by atoms with Gasteiger partial charge >= 0.3 is 0 Å². The highest BCUT2D eigenvalue weighted by atomic mass is 32.2. The van der Waals surface area contributed by atoms with Crippen LogP contribution in [0.1, 0.15) is 30.5 Å². The maximum Gasteiger partial charge on any atom is 0.254 e. The molecule has 5 aromatic carbocycles. The number of hydrogen-bond donors (Lipinski definition) is 2. The molecular formula is C53H55N4O6S+. The van der Waals surface area contributed by atoms with Crippen molar-refractivity contribution in [1.82, 2.24) is 9.48 Å². The summed E-state index contributed by atoms with van der Waals surface area (Å²) in [5.74, 6) is 2.82. The molecule has 0 spiro atoms. The maximum atomic E-state index is 14.0. The number of nitrogens with one attached hydrogen (secondary N) is 1. The van der Waals surface area contributed by atoms with Gasteiger partial charge in [0.15, 0.2) is 19.2 Å². The van der Waals surface area contributed by atoms with Gasteiger partial charge in [-0.25, -0.2) is 4.58 Å². The van der Waals surface area contributed by atoms with Crippen molar-refractivity contribution in [3.63, 3.8) is 0 Å². The fourth-order valence-electron chi connectivity index (χ4n) is 8.96. The van der Waals surface area contributed by atoms with Crippen molar-refractivity contribution in [3.8, 4) is 33.9 Å². The summed E-state index contributed by atoms with van der Waals surface area (Å²) < 4.78 is 26.8. The summed E-state index contributed by atoms with van der Waals surface area (Å²) in [5.41, 5.74) is 7.73. The Kier molecular flexibility index (Phi) is 11.9. The van der Waals surface area contributed by atoms with Crippen LogP contribution < -0.4 is 29.6 Å². The number of hydrogen-bond acceptors (Lipinski definition) is 9. The highest BCUT2D eigenvalue weighted by molar-refractivity contribution is 7.99. The minimum Gasteiger partial charge on any atom is -0.497 e. The van der Waals surface area contributed by atoms with Crippen LogP contribution in [0.15, 0.2) is 143 Å². The molecule has 3 heterocycles. The molecule has 1 fully saturated rings. The van der Waals surface area contributed by atoms with Gasteiger partial charge in [0.1, 0.15) is 28.4 Å². The zero-order chi connectivity index (χ0) is 44.6. The molecule has 2 N–H and O–H groups in total. The molecule has 0 saturated carbocycles. The molecule has 1 atom stereocenters. The van der Waals surface area contributed by atoms with Gasteiger partial charge in [0, 0.05) is 70.3 Å². The second-order valence-electron chi connectivity index (χ2n) is 17.4. The number of aliphatic hydroxyl groups is 1. The summed E-state index contributed by atoms with van der Waals surface area (Å²) >= 11 is 1.89. The highest BCUT2D eigenvalue weighted by Crippen LogP contribution is 2.45. The third-order valence-corrected chi connectivity index (χ3v) is 13.9. The van der Waals surface area contributed by atoms with E-state index in [0.29, 0.717) is 37.7 Å². The van der Waals surface area contributed by atoms with Crippen LogP contribution >= 0.6 is 11.8 Å². The molecule has 11 heteroatoms. The van der Waals surface area contributed by atoms with E-state index in [1.165, 1.54) is 4.90 Å². The smallest absolute Gasteiger partial charge is 0.254 e. The van der Waals surface area contributed by atoms with Crippen LogP contribution in [0.25, 0.3) is 33.4 Å². The summed E-state index contributed by atoms with van der Waals surface area (Å²) in [6.45, 7) is 6.30. The Balaban J connectivity index is 0.988. The lowest BCUT2D eigenvalue weighted by Gasteiger charge is -2.37. The molecule has 0 radical (unpaired) electrons. The average Bonchev–Trinajstić information content (AvgIpc) is 3.33. The van der Waals surface area contributed by atoms with Crippen molar-refractivity contribution in [2.45, 2.75) is 36.0 Å². The molecule has 1 amide bonds. The van der Waals surface area contributed by atoms with Crippen molar-refractivity contribution in [3.05, 3.63) is 156 Å². The normalized spacial score (nSPS) is 15.4. The third kappa shape index (κ3) is 8.31. The number of methoxy groups -OCH3 is 2. The van der Waals surface area contributed by atoms with Gasteiger partial charge in [0.05, 0.1) is 40.0 Å². The Morgan fingerprint density at radius 3 is 2.14 bits per heavy atom. The minimum absolute atomic E-state index is 0.0303. The fourth-order valence-corrected chi connectivity index (χ4v) is 10.0. The number of piperazine rings is 1. The Labute approximate surface area is 379 Å². The largest absolute Gasteiger partial charge is 0.497 e. The number of fused-ring (bicyclic) bond motifs is 3. The summed E-state index contributed by atoms with van der Waals surface area (Å²) in [7, 11) is 7.34. The van der Waals surface area contributed by atoms with Crippen LogP contribution in [-0.2, 0) is 15.1 Å². The van der Waals surface area contributed by atoms with E-state index in [4.69, 9.17) is 18.6 Å². The predicted molar refractivity (Wildman–Crippen MR) is 257 cm³/mol. The van der Waals surface area contributed by atoms with Crippen molar-refractivity contribution < 1.29 is 28.5 Å². The summed E-state index contributed by atoms with van der Waals surface area (Å²) in [6.07, 6.45) is -1.39.